The molecular weight excluding hydrogens is 430 g/mol. The van der Waals surface area contributed by atoms with Crippen LogP contribution in [0.4, 0.5) is 18.9 Å². The first-order valence-corrected chi connectivity index (χ1v) is 9.24. The minimum atomic E-state index is -4.58. The molecule has 3 heterocycles. The highest BCUT2D eigenvalue weighted by Gasteiger charge is 2.38. The SMILES string of the molecule is O=C(Nc1c(Cl)cc(-n2nc(C(F)(F)F)cc2C2CC2)nc1Cl)c1ccncc1. The molecule has 1 amide bonds. The number of carbonyl (C=O) groups is 1. The summed E-state index contributed by atoms with van der Waals surface area (Å²) in [4.78, 5) is 20.2. The summed E-state index contributed by atoms with van der Waals surface area (Å²) in [5.41, 5.74) is -0.238. The lowest BCUT2D eigenvalue weighted by atomic mass is 10.2. The Hall–Kier alpha value is -2.65. The third kappa shape index (κ3) is 4.06. The quantitative estimate of drug-likeness (QED) is 0.570. The number of aromatic nitrogens is 4. The fourth-order valence-electron chi connectivity index (χ4n) is 2.77. The van der Waals surface area contributed by atoms with Gasteiger partial charge in [0, 0.05) is 35.6 Å². The maximum absolute atomic E-state index is 13.1. The van der Waals surface area contributed by atoms with Crippen LogP contribution < -0.4 is 5.32 Å². The number of carbonyl (C=O) groups excluding carboxylic acids is 1. The molecular formula is C18H12Cl2F3N5O. The maximum Gasteiger partial charge on any atom is 0.435 e. The van der Waals surface area contributed by atoms with Crippen molar-refractivity contribution >= 4 is 34.8 Å². The standard InChI is InChI=1S/C18H12Cl2F3N5O/c19-11-7-14(28-12(9-1-2-9)8-13(27-28)18(21,22)23)25-16(20)15(11)26-17(29)10-3-5-24-6-4-10/h3-9H,1-2H2,(H,26,29). The fourth-order valence-corrected chi connectivity index (χ4v) is 3.29. The molecule has 0 saturated heterocycles. The molecule has 0 bridgehead atoms. The summed E-state index contributed by atoms with van der Waals surface area (Å²) in [7, 11) is 0. The van der Waals surface area contributed by atoms with Crippen molar-refractivity contribution in [1.82, 2.24) is 19.7 Å². The van der Waals surface area contributed by atoms with E-state index in [1.54, 1.807) is 0 Å². The summed E-state index contributed by atoms with van der Waals surface area (Å²) in [5.74, 6) is -0.466. The van der Waals surface area contributed by atoms with E-state index in [9.17, 15) is 18.0 Å². The van der Waals surface area contributed by atoms with Crippen LogP contribution in [0.2, 0.25) is 10.2 Å². The molecule has 1 aliphatic carbocycles. The van der Waals surface area contributed by atoms with E-state index in [4.69, 9.17) is 23.2 Å². The second-order valence-electron chi connectivity index (χ2n) is 6.46. The summed E-state index contributed by atoms with van der Waals surface area (Å²) in [6, 6.07) is 5.33. The third-order valence-corrected chi connectivity index (χ3v) is 4.91. The van der Waals surface area contributed by atoms with Crippen molar-refractivity contribution in [3.63, 3.8) is 0 Å². The molecule has 29 heavy (non-hydrogen) atoms. The van der Waals surface area contributed by atoms with Crippen molar-refractivity contribution in [2.75, 3.05) is 5.32 Å². The lowest BCUT2D eigenvalue weighted by molar-refractivity contribution is -0.141. The maximum atomic E-state index is 13.1. The van der Waals surface area contributed by atoms with E-state index < -0.39 is 17.8 Å². The number of amides is 1. The number of alkyl halides is 3. The summed E-state index contributed by atoms with van der Waals surface area (Å²) >= 11 is 12.4. The number of halogens is 5. The fraction of sp³-hybridized carbons (Fsp3) is 0.222. The first-order valence-electron chi connectivity index (χ1n) is 8.49. The van der Waals surface area contributed by atoms with Gasteiger partial charge < -0.3 is 5.32 Å². The van der Waals surface area contributed by atoms with Crippen molar-refractivity contribution in [3.05, 3.63) is 63.8 Å². The molecule has 150 valence electrons. The smallest absolute Gasteiger partial charge is 0.318 e. The predicted molar refractivity (Wildman–Crippen MR) is 101 cm³/mol. The first-order chi connectivity index (χ1) is 13.7. The highest BCUT2D eigenvalue weighted by atomic mass is 35.5. The van der Waals surface area contributed by atoms with E-state index in [0.717, 1.165) is 23.6 Å². The second kappa shape index (κ2) is 7.31. The minimum Gasteiger partial charge on any atom is -0.318 e. The second-order valence-corrected chi connectivity index (χ2v) is 7.22. The Labute approximate surface area is 172 Å². The summed E-state index contributed by atoms with van der Waals surface area (Å²) in [5, 5.41) is 6.06. The molecule has 1 aliphatic rings. The molecule has 0 spiro atoms. The third-order valence-electron chi connectivity index (χ3n) is 4.33. The number of nitrogens with zero attached hydrogens (tertiary/aromatic N) is 4. The van der Waals surface area contributed by atoms with Crippen LogP contribution in [0, 0.1) is 0 Å². The van der Waals surface area contributed by atoms with Gasteiger partial charge in [0.15, 0.2) is 16.7 Å². The molecule has 0 aromatic carbocycles. The lowest BCUT2D eigenvalue weighted by Gasteiger charge is -2.12. The molecule has 1 fully saturated rings. The van der Waals surface area contributed by atoms with Gasteiger partial charge in [-0.05, 0) is 31.0 Å². The largest absolute Gasteiger partial charge is 0.435 e. The minimum absolute atomic E-state index is 0.0215. The first kappa shape index (κ1) is 19.7. The van der Waals surface area contributed by atoms with Gasteiger partial charge in [-0.15, -0.1) is 0 Å². The van der Waals surface area contributed by atoms with Gasteiger partial charge in [-0.25, -0.2) is 9.67 Å². The Morgan fingerprint density at radius 2 is 1.86 bits per heavy atom. The average Bonchev–Trinajstić information content (AvgIpc) is 3.41. The Kier molecular flexibility index (Phi) is 4.95. The van der Waals surface area contributed by atoms with Crippen LogP contribution in [0.5, 0.6) is 0 Å². The predicted octanol–water partition coefficient (Wildman–Crippen LogP) is 5.12. The molecule has 3 aromatic heterocycles. The van der Waals surface area contributed by atoms with Gasteiger partial charge in [0.2, 0.25) is 0 Å². The molecule has 1 N–H and O–H groups in total. The molecule has 3 aromatic rings. The van der Waals surface area contributed by atoms with Crippen LogP contribution in [0.1, 0.15) is 40.5 Å². The molecule has 0 atom stereocenters. The zero-order valence-electron chi connectivity index (χ0n) is 14.5. The van der Waals surface area contributed by atoms with Gasteiger partial charge in [0.25, 0.3) is 5.91 Å². The Bertz CT molecular complexity index is 1060. The highest BCUT2D eigenvalue weighted by molar-refractivity contribution is 6.39. The van der Waals surface area contributed by atoms with Gasteiger partial charge in [0.1, 0.15) is 0 Å². The number of rotatable bonds is 4. The topological polar surface area (TPSA) is 72.7 Å². The zero-order valence-corrected chi connectivity index (χ0v) is 16.1. The highest BCUT2D eigenvalue weighted by Crippen LogP contribution is 2.43. The molecule has 4 rings (SSSR count). The average molecular weight is 442 g/mol. The van der Waals surface area contributed by atoms with Crippen LogP contribution in [0.15, 0.2) is 36.7 Å². The summed E-state index contributed by atoms with van der Waals surface area (Å²) < 4.78 is 40.4. The van der Waals surface area contributed by atoms with Crippen molar-refractivity contribution < 1.29 is 18.0 Å². The van der Waals surface area contributed by atoms with E-state index in [2.05, 4.69) is 20.4 Å². The van der Waals surface area contributed by atoms with Crippen molar-refractivity contribution in [3.8, 4) is 5.82 Å². The van der Waals surface area contributed by atoms with Crippen LogP contribution in [-0.4, -0.2) is 25.7 Å². The van der Waals surface area contributed by atoms with Gasteiger partial charge in [-0.2, -0.15) is 18.3 Å². The number of nitrogens with one attached hydrogen (secondary N) is 1. The molecule has 0 aliphatic heterocycles. The Morgan fingerprint density at radius 1 is 1.17 bits per heavy atom. The van der Waals surface area contributed by atoms with Crippen LogP contribution in [0.3, 0.4) is 0 Å². The van der Waals surface area contributed by atoms with Gasteiger partial charge in [0.05, 0.1) is 10.7 Å². The number of anilines is 1. The van der Waals surface area contributed by atoms with Crippen molar-refractivity contribution in [2.45, 2.75) is 24.9 Å². The van der Waals surface area contributed by atoms with Gasteiger partial charge in [-0.1, -0.05) is 23.2 Å². The summed E-state index contributed by atoms with van der Waals surface area (Å²) in [6.07, 6.45) is -0.139. The Morgan fingerprint density at radius 3 is 2.45 bits per heavy atom. The van der Waals surface area contributed by atoms with Crippen LogP contribution in [0.25, 0.3) is 5.82 Å². The zero-order chi connectivity index (χ0) is 20.8. The normalized spacial score (nSPS) is 14.1. The summed E-state index contributed by atoms with van der Waals surface area (Å²) in [6.45, 7) is 0. The monoisotopic (exact) mass is 441 g/mol. The number of hydrogen-bond donors (Lipinski definition) is 1. The lowest BCUT2D eigenvalue weighted by Crippen LogP contribution is -2.14. The number of pyridine rings is 2. The van der Waals surface area contributed by atoms with E-state index in [0.29, 0.717) is 11.3 Å². The molecule has 11 heteroatoms. The van der Waals surface area contributed by atoms with Crippen LogP contribution >= 0.6 is 23.2 Å². The van der Waals surface area contributed by atoms with E-state index in [-0.39, 0.29) is 27.6 Å². The number of hydrogen-bond acceptors (Lipinski definition) is 4. The van der Waals surface area contributed by atoms with Crippen molar-refractivity contribution in [1.29, 1.82) is 0 Å². The van der Waals surface area contributed by atoms with E-state index >= 15 is 0 Å². The van der Waals surface area contributed by atoms with E-state index in [1.165, 1.54) is 30.6 Å². The van der Waals surface area contributed by atoms with Crippen molar-refractivity contribution in [2.24, 2.45) is 0 Å². The molecule has 6 nitrogen and oxygen atoms in total. The van der Waals surface area contributed by atoms with Gasteiger partial charge >= 0.3 is 6.18 Å². The van der Waals surface area contributed by atoms with Crippen LogP contribution in [-0.2, 0) is 6.18 Å². The van der Waals surface area contributed by atoms with Gasteiger partial charge in [-0.3, -0.25) is 9.78 Å². The van der Waals surface area contributed by atoms with E-state index in [1.807, 2.05) is 0 Å². The molecule has 0 unspecified atom stereocenters. The molecule has 0 radical (unpaired) electrons. The molecule has 1 saturated carbocycles. The Balaban J connectivity index is 1.69.